The highest BCUT2D eigenvalue weighted by atomic mass is 16.5. The van der Waals surface area contributed by atoms with E-state index in [4.69, 9.17) is 14.2 Å². The minimum atomic E-state index is 0.629. The maximum absolute atomic E-state index is 5.81. The van der Waals surface area contributed by atoms with Gasteiger partial charge in [-0.2, -0.15) is 0 Å². The molecule has 0 saturated carbocycles. The zero-order valence-corrected chi connectivity index (χ0v) is 17.6. The van der Waals surface area contributed by atoms with E-state index in [-0.39, 0.29) is 0 Å². The number of nitrogens with zero attached hydrogens (tertiary/aromatic N) is 2. The molecule has 2 heterocycles. The van der Waals surface area contributed by atoms with E-state index >= 15 is 0 Å². The topological polar surface area (TPSA) is 34.2 Å². The highest BCUT2D eigenvalue weighted by Gasteiger charge is 2.23. The Morgan fingerprint density at radius 3 is 2.48 bits per heavy atom. The summed E-state index contributed by atoms with van der Waals surface area (Å²) in [6.07, 6.45) is 2.35. The van der Waals surface area contributed by atoms with E-state index in [1.165, 1.54) is 24.1 Å². The average molecular weight is 397 g/mol. The molecule has 0 aromatic heterocycles. The second-order valence-electron chi connectivity index (χ2n) is 7.97. The SMILES string of the molecule is COc1ccc(CN2CCN(CCC3CCOc4ccccc43)CC2)cc1OC. The van der Waals surface area contributed by atoms with Crippen molar-refractivity contribution in [1.29, 1.82) is 0 Å². The number of piperazine rings is 1. The summed E-state index contributed by atoms with van der Waals surface area (Å²) in [6.45, 7) is 7.47. The van der Waals surface area contributed by atoms with Gasteiger partial charge in [0.2, 0.25) is 0 Å². The highest BCUT2D eigenvalue weighted by Crippen LogP contribution is 2.35. The molecule has 2 aromatic rings. The Morgan fingerprint density at radius 2 is 1.69 bits per heavy atom. The smallest absolute Gasteiger partial charge is 0.161 e. The zero-order chi connectivity index (χ0) is 20.1. The van der Waals surface area contributed by atoms with Crippen molar-refractivity contribution in [3.05, 3.63) is 53.6 Å². The Bertz CT molecular complexity index is 802. The monoisotopic (exact) mass is 396 g/mol. The van der Waals surface area contributed by atoms with Crippen LogP contribution in [0.25, 0.3) is 0 Å². The Kier molecular flexibility index (Phi) is 6.57. The van der Waals surface area contributed by atoms with Crippen molar-refractivity contribution in [2.24, 2.45) is 0 Å². The molecule has 1 atom stereocenters. The Hall–Kier alpha value is -2.24. The molecular formula is C24H32N2O3. The molecular weight excluding hydrogens is 364 g/mol. The van der Waals surface area contributed by atoms with E-state index in [9.17, 15) is 0 Å². The number of rotatable bonds is 7. The summed E-state index contributed by atoms with van der Waals surface area (Å²) < 4.78 is 16.6. The first kappa shape index (κ1) is 20.0. The van der Waals surface area contributed by atoms with Gasteiger partial charge in [-0.3, -0.25) is 4.90 Å². The first-order chi connectivity index (χ1) is 14.3. The van der Waals surface area contributed by atoms with Gasteiger partial charge >= 0.3 is 0 Å². The average Bonchev–Trinajstić information content (AvgIpc) is 2.78. The summed E-state index contributed by atoms with van der Waals surface area (Å²) in [5, 5.41) is 0. The van der Waals surface area contributed by atoms with Gasteiger partial charge in [0.1, 0.15) is 5.75 Å². The Balaban J connectivity index is 1.25. The van der Waals surface area contributed by atoms with Crippen molar-refractivity contribution >= 4 is 0 Å². The quantitative estimate of drug-likeness (QED) is 0.712. The highest BCUT2D eigenvalue weighted by molar-refractivity contribution is 5.43. The van der Waals surface area contributed by atoms with Crippen molar-refractivity contribution in [2.45, 2.75) is 25.3 Å². The molecule has 0 radical (unpaired) electrons. The van der Waals surface area contributed by atoms with Crippen molar-refractivity contribution in [1.82, 2.24) is 9.80 Å². The van der Waals surface area contributed by atoms with Gasteiger partial charge < -0.3 is 19.1 Å². The fourth-order valence-corrected chi connectivity index (χ4v) is 4.46. The first-order valence-corrected chi connectivity index (χ1v) is 10.6. The summed E-state index contributed by atoms with van der Waals surface area (Å²) >= 11 is 0. The van der Waals surface area contributed by atoms with E-state index in [1.807, 2.05) is 6.07 Å². The van der Waals surface area contributed by atoms with Crippen molar-refractivity contribution in [2.75, 3.05) is 53.6 Å². The van der Waals surface area contributed by atoms with Gasteiger partial charge in [-0.15, -0.1) is 0 Å². The fourth-order valence-electron chi connectivity index (χ4n) is 4.46. The molecule has 2 aliphatic rings. The second-order valence-corrected chi connectivity index (χ2v) is 7.97. The van der Waals surface area contributed by atoms with E-state index in [1.54, 1.807) is 14.2 Å². The number of fused-ring (bicyclic) bond motifs is 1. The predicted molar refractivity (Wildman–Crippen MR) is 115 cm³/mol. The summed E-state index contributed by atoms with van der Waals surface area (Å²) in [5.41, 5.74) is 2.67. The van der Waals surface area contributed by atoms with Gasteiger partial charge in [-0.25, -0.2) is 0 Å². The first-order valence-electron chi connectivity index (χ1n) is 10.6. The van der Waals surface area contributed by atoms with Crippen molar-refractivity contribution in [3.8, 4) is 17.2 Å². The number of hydrogen-bond acceptors (Lipinski definition) is 5. The maximum atomic E-state index is 5.81. The molecule has 0 spiro atoms. The normalized spacial score (nSPS) is 20.0. The van der Waals surface area contributed by atoms with Crippen LogP contribution in [-0.4, -0.2) is 63.4 Å². The zero-order valence-electron chi connectivity index (χ0n) is 17.6. The number of ether oxygens (including phenoxy) is 3. The number of benzene rings is 2. The van der Waals surface area contributed by atoms with Crippen LogP contribution in [-0.2, 0) is 6.54 Å². The second kappa shape index (κ2) is 9.51. The Morgan fingerprint density at radius 1 is 0.931 bits per heavy atom. The molecule has 2 aromatic carbocycles. The van der Waals surface area contributed by atoms with Gasteiger partial charge in [-0.1, -0.05) is 24.3 Å². The molecule has 5 heteroatoms. The molecule has 1 saturated heterocycles. The largest absolute Gasteiger partial charge is 0.493 e. The number of para-hydroxylation sites is 1. The van der Waals surface area contributed by atoms with Gasteiger partial charge in [0.25, 0.3) is 0 Å². The maximum Gasteiger partial charge on any atom is 0.161 e. The summed E-state index contributed by atoms with van der Waals surface area (Å²) in [7, 11) is 3.37. The van der Waals surface area contributed by atoms with Gasteiger partial charge in [0, 0.05) is 32.7 Å². The van der Waals surface area contributed by atoms with Crippen LogP contribution in [0.2, 0.25) is 0 Å². The molecule has 0 amide bonds. The van der Waals surface area contributed by atoms with Crippen LogP contribution in [0.15, 0.2) is 42.5 Å². The minimum Gasteiger partial charge on any atom is -0.493 e. The van der Waals surface area contributed by atoms with Crippen LogP contribution in [0, 0.1) is 0 Å². The molecule has 2 aliphatic heterocycles. The van der Waals surface area contributed by atoms with Crippen molar-refractivity contribution < 1.29 is 14.2 Å². The van der Waals surface area contributed by atoms with Crippen molar-refractivity contribution in [3.63, 3.8) is 0 Å². The van der Waals surface area contributed by atoms with Crippen LogP contribution in [0.4, 0.5) is 0 Å². The van der Waals surface area contributed by atoms with Gasteiger partial charge in [-0.05, 0) is 54.6 Å². The lowest BCUT2D eigenvalue weighted by Gasteiger charge is -2.36. The van der Waals surface area contributed by atoms with Gasteiger partial charge in [0.15, 0.2) is 11.5 Å². The van der Waals surface area contributed by atoms with E-state index < -0.39 is 0 Å². The molecule has 0 N–H and O–H groups in total. The lowest BCUT2D eigenvalue weighted by atomic mass is 9.90. The summed E-state index contributed by atoms with van der Waals surface area (Å²) in [4.78, 5) is 5.14. The molecule has 0 bridgehead atoms. The van der Waals surface area contributed by atoms with Gasteiger partial charge in [0.05, 0.1) is 20.8 Å². The third kappa shape index (κ3) is 4.85. The molecule has 1 fully saturated rings. The minimum absolute atomic E-state index is 0.629. The van der Waals surface area contributed by atoms with Crippen LogP contribution in [0.1, 0.15) is 29.9 Å². The number of hydrogen-bond donors (Lipinski definition) is 0. The Labute approximate surface area is 174 Å². The standard InChI is InChI=1S/C24H32N2O3/c1-27-23-8-7-19(17-24(23)28-2)18-26-14-12-25(13-15-26)11-9-20-10-16-29-22-6-4-3-5-21(20)22/h3-8,17,20H,9-16,18H2,1-2H3. The van der Waals surface area contributed by atoms with Crippen LogP contribution < -0.4 is 14.2 Å². The summed E-state index contributed by atoms with van der Waals surface area (Å²) in [5.74, 6) is 3.31. The molecule has 1 unspecified atom stereocenters. The number of methoxy groups -OCH3 is 2. The fraction of sp³-hybridized carbons (Fsp3) is 0.500. The lowest BCUT2D eigenvalue weighted by molar-refractivity contribution is 0.122. The molecule has 5 nitrogen and oxygen atoms in total. The molecule has 29 heavy (non-hydrogen) atoms. The van der Waals surface area contributed by atoms with Crippen LogP contribution in [0.5, 0.6) is 17.2 Å². The third-order valence-electron chi connectivity index (χ3n) is 6.20. The van der Waals surface area contributed by atoms with E-state index in [0.29, 0.717) is 5.92 Å². The van der Waals surface area contributed by atoms with E-state index in [2.05, 4.69) is 46.2 Å². The molecule has 156 valence electrons. The van der Waals surface area contributed by atoms with Crippen LogP contribution >= 0.6 is 0 Å². The molecule has 4 rings (SSSR count). The predicted octanol–water partition coefficient (Wildman–Crippen LogP) is 3.78. The van der Waals surface area contributed by atoms with Crippen LogP contribution in [0.3, 0.4) is 0 Å². The molecule has 0 aliphatic carbocycles. The summed E-state index contributed by atoms with van der Waals surface area (Å²) in [6, 6.07) is 14.8. The van der Waals surface area contributed by atoms with E-state index in [0.717, 1.165) is 63.0 Å². The lowest BCUT2D eigenvalue weighted by Crippen LogP contribution is -2.46. The third-order valence-corrected chi connectivity index (χ3v) is 6.20.